The van der Waals surface area contributed by atoms with Crippen LogP contribution in [0.1, 0.15) is 6.92 Å². The van der Waals surface area contributed by atoms with Crippen molar-refractivity contribution >= 4 is 52.9 Å². The summed E-state index contributed by atoms with van der Waals surface area (Å²) in [7, 11) is -3.65. The fourth-order valence-corrected chi connectivity index (χ4v) is 2.72. The summed E-state index contributed by atoms with van der Waals surface area (Å²) in [4.78, 5) is 15.9. The molecule has 0 aliphatic heterocycles. The van der Waals surface area contributed by atoms with Gasteiger partial charge in [-0.15, -0.1) is 0 Å². The lowest BCUT2D eigenvalue weighted by atomic mass is 10.7. The van der Waals surface area contributed by atoms with E-state index in [2.05, 4.69) is 0 Å². The van der Waals surface area contributed by atoms with Gasteiger partial charge in [-0.05, 0) is 43.0 Å². The quantitative estimate of drug-likeness (QED) is 0.305. The molecule has 8 heteroatoms. The van der Waals surface area contributed by atoms with Gasteiger partial charge in [-0.25, -0.2) is 0 Å². The number of thiophene rings is 4. The first-order valence-electron chi connectivity index (χ1n) is 7.49. The van der Waals surface area contributed by atoms with Gasteiger partial charge < -0.3 is 9.79 Å². The van der Waals surface area contributed by atoms with E-state index in [0.29, 0.717) is 0 Å². The highest BCUT2D eigenvalue weighted by Gasteiger charge is 2.05. The third-order valence-electron chi connectivity index (χ3n) is 2.11. The van der Waals surface area contributed by atoms with E-state index >= 15 is 0 Å². The van der Waals surface area contributed by atoms with Crippen LogP contribution in [-0.2, 0) is 4.57 Å². The zero-order valence-corrected chi connectivity index (χ0v) is 18.5. The largest absolute Gasteiger partial charge is 0.325 e. The summed E-state index contributed by atoms with van der Waals surface area (Å²) in [6.07, 6.45) is -0.0625. The monoisotopic (exact) mass is 446 g/mol. The van der Waals surface area contributed by atoms with Crippen LogP contribution in [0.4, 0.5) is 0 Å². The summed E-state index contributed by atoms with van der Waals surface area (Å²) >= 11 is 6.85. The molecule has 0 saturated heterocycles. The second kappa shape index (κ2) is 18.7. The minimum atomic E-state index is -3.65. The molecule has 4 heterocycles. The van der Waals surface area contributed by atoms with Crippen molar-refractivity contribution in [2.24, 2.45) is 0 Å². The van der Waals surface area contributed by atoms with Crippen LogP contribution >= 0.6 is 52.9 Å². The first kappa shape index (κ1) is 24.9. The maximum atomic E-state index is 9.69. The normalized spacial score (nSPS) is 8.88. The Morgan fingerprint density at radius 3 is 0.769 bits per heavy atom. The topological polar surface area (TPSA) is 57.5 Å². The fraction of sp³-hybridized carbons (Fsp3) is 0.111. The van der Waals surface area contributed by atoms with Crippen molar-refractivity contribution in [1.82, 2.24) is 0 Å². The maximum absolute atomic E-state index is 9.69. The second-order valence-corrected chi connectivity index (χ2v) is 9.38. The van der Waals surface area contributed by atoms with E-state index in [1.54, 1.807) is 45.3 Å². The number of hydrogen-bond donors (Lipinski definition) is 2. The molecule has 2 N–H and O–H groups in total. The number of hydrogen-bond acceptors (Lipinski definition) is 5. The Morgan fingerprint density at radius 1 is 0.577 bits per heavy atom. The van der Waals surface area contributed by atoms with E-state index in [1.807, 2.05) is 91.6 Å². The van der Waals surface area contributed by atoms with Gasteiger partial charge >= 0.3 is 7.60 Å². The molecule has 142 valence electrons. The van der Waals surface area contributed by atoms with Crippen molar-refractivity contribution in [2.75, 3.05) is 6.16 Å². The van der Waals surface area contributed by atoms with Crippen LogP contribution in [0, 0.1) is 0 Å². The first-order valence-corrected chi connectivity index (χ1v) is 13.1. The van der Waals surface area contributed by atoms with Crippen LogP contribution in [0.3, 0.4) is 0 Å². The Labute approximate surface area is 171 Å². The first-order chi connectivity index (χ1) is 12.6. The van der Waals surface area contributed by atoms with Crippen LogP contribution < -0.4 is 0 Å². The predicted molar refractivity (Wildman–Crippen MR) is 120 cm³/mol. The van der Waals surface area contributed by atoms with Crippen LogP contribution in [0.25, 0.3) is 0 Å². The molecule has 0 amide bonds. The van der Waals surface area contributed by atoms with Gasteiger partial charge in [-0.3, -0.25) is 4.57 Å². The van der Waals surface area contributed by atoms with Gasteiger partial charge in [0.1, 0.15) is 0 Å². The zero-order chi connectivity index (χ0) is 19.3. The Morgan fingerprint density at radius 2 is 0.731 bits per heavy atom. The molecule has 0 aliphatic carbocycles. The standard InChI is InChI=1S/4C4H4S.C2H7O3P/c4*1-2-4-5-3-1;1-2-6(3,4)5/h4*1-4H;2H2,1H3,(H2,3,4,5). The summed E-state index contributed by atoms with van der Waals surface area (Å²) < 4.78 is 9.69. The molecule has 0 unspecified atom stereocenters. The highest BCUT2D eigenvalue weighted by atomic mass is 32.1. The molecule has 0 spiro atoms. The third-order valence-corrected chi connectivity index (χ3v) is 5.45. The summed E-state index contributed by atoms with van der Waals surface area (Å²) in [5.41, 5.74) is 0. The summed E-state index contributed by atoms with van der Waals surface area (Å²) in [5, 5.41) is 16.3. The van der Waals surface area contributed by atoms with Crippen molar-refractivity contribution in [2.45, 2.75) is 6.92 Å². The van der Waals surface area contributed by atoms with Crippen molar-refractivity contribution in [3.8, 4) is 0 Å². The van der Waals surface area contributed by atoms with Crippen LogP contribution in [0.15, 0.2) is 91.6 Å². The van der Waals surface area contributed by atoms with Crippen molar-refractivity contribution in [1.29, 1.82) is 0 Å². The van der Waals surface area contributed by atoms with E-state index in [0.717, 1.165) is 0 Å². The predicted octanol–water partition coefficient (Wildman–Crippen LogP) is 7.18. The van der Waals surface area contributed by atoms with Crippen LogP contribution in [-0.4, -0.2) is 15.9 Å². The Kier molecular flexibility index (Phi) is 18.0. The highest BCUT2D eigenvalue weighted by molar-refractivity contribution is 7.51. The Balaban J connectivity index is 0.000000301. The molecular weight excluding hydrogens is 423 g/mol. The van der Waals surface area contributed by atoms with Crippen LogP contribution in [0.2, 0.25) is 0 Å². The lowest BCUT2D eigenvalue weighted by Gasteiger charge is -1.92. The van der Waals surface area contributed by atoms with Crippen LogP contribution in [0.5, 0.6) is 0 Å². The molecule has 4 rings (SSSR count). The molecular formula is C18H23O3PS4. The minimum absolute atomic E-state index is 0.0625. The van der Waals surface area contributed by atoms with Crippen molar-refractivity contribution < 1.29 is 14.4 Å². The van der Waals surface area contributed by atoms with Gasteiger partial charge in [0, 0.05) is 6.16 Å². The van der Waals surface area contributed by atoms with Gasteiger partial charge in [0.15, 0.2) is 0 Å². The highest BCUT2D eigenvalue weighted by Crippen LogP contribution is 2.32. The van der Waals surface area contributed by atoms with Crippen molar-refractivity contribution in [3.05, 3.63) is 91.6 Å². The lowest BCUT2D eigenvalue weighted by molar-refractivity contribution is 0.375. The number of rotatable bonds is 1. The van der Waals surface area contributed by atoms with Crippen molar-refractivity contribution in [3.63, 3.8) is 0 Å². The summed E-state index contributed by atoms with van der Waals surface area (Å²) in [5.74, 6) is 0. The molecule has 4 aromatic rings. The average Bonchev–Trinajstić information content (AvgIpc) is 3.47. The molecule has 0 saturated carbocycles. The molecule has 4 aromatic heterocycles. The van der Waals surface area contributed by atoms with E-state index in [9.17, 15) is 4.57 Å². The Hall–Kier alpha value is -1.05. The lowest BCUT2D eigenvalue weighted by Crippen LogP contribution is -1.76. The zero-order valence-electron chi connectivity index (χ0n) is 14.3. The molecule has 0 aromatic carbocycles. The van der Waals surface area contributed by atoms with Gasteiger partial charge in [-0.2, -0.15) is 45.3 Å². The van der Waals surface area contributed by atoms with E-state index in [-0.39, 0.29) is 6.16 Å². The maximum Gasteiger partial charge on any atom is 0.325 e. The minimum Gasteiger partial charge on any atom is -0.324 e. The average molecular weight is 447 g/mol. The van der Waals surface area contributed by atoms with Gasteiger partial charge in [0.05, 0.1) is 0 Å². The summed E-state index contributed by atoms with van der Waals surface area (Å²) in [6, 6.07) is 16.1. The third kappa shape index (κ3) is 22.9. The molecule has 0 fully saturated rings. The molecule has 26 heavy (non-hydrogen) atoms. The van der Waals surface area contributed by atoms with Gasteiger partial charge in [0.25, 0.3) is 0 Å². The van der Waals surface area contributed by atoms with Gasteiger partial charge in [-0.1, -0.05) is 55.5 Å². The van der Waals surface area contributed by atoms with E-state index < -0.39 is 7.60 Å². The molecule has 0 radical (unpaired) electrons. The summed E-state index contributed by atoms with van der Waals surface area (Å²) in [6.45, 7) is 1.45. The SMILES string of the molecule is CCP(=O)(O)O.c1ccsc1.c1ccsc1.c1ccsc1.c1ccsc1. The van der Waals surface area contributed by atoms with E-state index in [1.165, 1.54) is 6.92 Å². The molecule has 0 atom stereocenters. The Bertz CT molecular complexity index is 514. The van der Waals surface area contributed by atoms with Gasteiger partial charge in [0.2, 0.25) is 0 Å². The smallest absolute Gasteiger partial charge is 0.324 e. The fourth-order valence-electron chi connectivity index (χ4n) is 0.907. The second-order valence-electron chi connectivity index (χ2n) is 4.15. The molecule has 0 aliphatic rings. The molecule has 0 bridgehead atoms. The van der Waals surface area contributed by atoms with E-state index in [4.69, 9.17) is 9.79 Å². The molecule has 3 nitrogen and oxygen atoms in total.